The van der Waals surface area contributed by atoms with E-state index in [-0.39, 0.29) is 12.5 Å². The van der Waals surface area contributed by atoms with Crippen molar-refractivity contribution >= 4 is 27.5 Å². The van der Waals surface area contributed by atoms with Crippen LogP contribution in [0.2, 0.25) is 0 Å². The van der Waals surface area contributed by atoms with Gasteiger partial charge in [-0.05, 0) is 29.7 Å². The van der Waals surface area contributed by atoms with Crippen LogP contribution >= 0.6 is 0 Å². The van der Waals surface area contributed by atoms with Crippen molar-refractivity contribution < 1.29 is 18.0 Å². The van der Waals surface area contributed by atoms with Crippen LogP contribution in [0.25, 0.3) is 0 Å². The van der Waals surface area contributed by atoms with Crippen LogP contribution in [0.5, 0.6) is 0 Å². The molecule has 2 amide bonds. The molecule has 0 spiro atoms. The molecular weight excluding hydrogens is 474 g/mol. The smallest absolute Gasteiger partial charge is 0.244 e. The largest absolute Gasteiger partial charge is 0.354 e. The van der Waals surface area contributed by atoms with Gasteiger partial charge in [0.1, 0.15) is 12.6 Å². The Labute approximate surface area is 213 Å². The third-order valence-electron chi connectivity index (χ3n) is 5.74. The number of hydrogen-bond acceptors (Lipinski definition) is 4. The summed E-state index contributed by atoms with van der Waals surface area (Å²) < 4.78 is 26.4. The molecule has 3 rings (SSSR count). The van der Waals surface area contributed by atoms with Gasteiger partial charge in [0.2, 0.25) is 21.8 Å². The fourth-order valence-electron chi connectivity index (χ4n) is 3.91. The van der Waals surface area contributed by atoms with Crippen molar-refractivity contribution in [3.8, 4) is 0 Å². The van der Waals surface area contributed by atoms with Gasteiger partial charge in [-0.25, -0.2) is 8.42 Å². The van der Waals surface area contributed by atoms with Gasteiger partial charge < -0.3 is 10.2 Å². The van der Waals surface area contributed by atoms with Crippen molar-refractivity contribution in [1.29, 1.82) is 0 Å². The molecule has 1 N–H and O–H groups in total. The van der Waals surface area contributed by atoms with Crippen LogP contribution in [-0.4, -0.2) is 50.5 Å². The first kappa shape index (κ1) is 26.9. The summed E-state index contributed by atoms with van der Waals surface area (Å²) in [4.78, 5) is 28.7. The molecule has 0 aliphatic heterocycles. The summed E-state index contributed by atoms with van der Waals surface area (Å²) in [6.45, 7) is 2.20. The maximum Gasteiger partial charge on any atom is 0.244 e. The van der Waals surface area contributed by atoms with Crippen LogP contribution < -0.4 is 9.62 Å². The van der Waals surface area contributed by atoms with E-state index in [0.717, 1.165) is 28.1 Å². The highest BCUT2D eigenvalue weighted by molar-refractivity contribution is 7.92. The molecule has 8 heteroatoms. The predicted octanol–water partition coefficient (Wildman–Crippen LogP) is 3.62. The number of amides is 2. The maximum atomic E-state index is 13.8. The summed E-state index contributed by atoms with van der Waals surface area (Å²) >= 11 is 0. The minimum Gasteiger partial charge on any atom is -0.354 e. The molecule has 190 valence electrons. The van der Waals surface area contributed by atoms with Crippen molar-refractivity contribution in [1.82, 2.24) is 10.2 Å². The molecule has 3 aromatic rings. The van der Waals surface area contributed by atoms with Crippen LogP contribution in [0, 0.1) is 0 Å². The van der Waals surface area contributed by atoms with Gasteiger partial charge in [-0.15, -0.1) is 0 Å². The topological polar surface area (TPSA) is 86.8 Å². The van der Waals surface area contributed by atoms with Crippen LogP contribution in [0.3, 0.4) is 0 Å². The fraction of sp³-hybridized carbons (Fsp3) is 0.286. The molecule has 0 saturated carbocycles. The zero-order valence-electron chi connectivity index (χ0n) is 20.7. The first-order chi connectivity index (χ1) is 17.3. The Bertz CT molecular complexity index is 1220. The second-order valence-electron chi connectivity index (χ2n) is 8.61. The van der Waals surface area contributed by atoms with E-state index in [1.165, 1.54) is 4.90 Å². The van der Waals surface area contributed by atoms with E-state index < -0.39 is 28.5 Å². The van der Waals surface area contributed by atoms with Gasteiger partial charge in [0.15, 0.2) is 0 Å². The first-order valence-electron chi connectivity index (χ1n) is 12.0. The van der Waals surface area contributed by atoms with E-state index in [0.29, 0.717) is 18.7 Å². The van der Waals surface area contributed by atoms with Crippen molar-refractivity contribution in [2.24, 2.45) is 0 Å². The predicted molar refractivity (Wildman–Crippen MR) is 143 cm³/mol. The Morgan fingerprint density at radius 1 is 0.833 bits per heavy atom. The van der Waals surface area contributed by atoms with Gasteiger partial charge in [-0.2, -0.15) is 0 Å². The van der Waals surface area contributed by atoms with Crippen molar-refractivity contribution in [3.63, 3.8) is 0 Å². The van der Waals surface area contributed by atoms with Crippen molar-refractivity contribution in [2.45, 2.75) is 32.4 Å². The number of sulfonamides is 1. The third kappa shape index (κ3) is 7.68. The Morgan fingerprint density at radius 2 is 1.36 bits per heavy atom. The van der Waals surface area contributed by atoms with E-state index in [1.807, 2.05) is 67.6 Å². The van der Waals surface area contributed by atoms with Crippen LogP contribution in [0.4, 0.5) is 5.69 Å². The van der Waals surface area contributed by atoms with Crippen LogP contribution in [-0.2, 0) is 32.6 Å². The zero-order valence-corrected chi connectivity index (χ0v) is 21.5. The van der Waals surface area contributed by atoms with Gasteiger partial charge in [0.05, 0.1) is 11.9 Å². The average molecular weight is 508 g/mol. The second-order valence-corrected chi connectivity index (χ2v) is 10.5. The van der Waals surface area contributed by atoms with Gasteiger partial charge in [0.25, 0.3) is 0 Å². The molecule has 36 heavy (non-hydrogen) atoms. The number of anilines is 1. The molecular formula is C28H33N3O4S. The highest BCUT2D eigenvalue weighted by Gasteiger charge is 2.32. The highest BCUT2D eigenvalue weighted by Crippen LogP contribution is 2.20. The Balaban J connectivity index is 2.00. The maximum absolute atomic E-state index is 13.8. The summed E-state index contributed by atoms with van der Waals surface area (Å²) in [5, 5.41) is 2.92. The molecule has 0 aliphatic carbocycles. The molecule has 0 bridgehead atoms. The minimum atomic E-state index is -3.75. The van der Waals surface area contributed by atoms with E-state index >= 15 is 0 Å². The number of nitrogens with one attached hydrogen (secondary N) is 1. The van der Waals surface area contributed by atoms with Crippen molar-refractivity contribution in [2.75, 3.05) is 23.7 Å². The Hall–Kier alpha value is -3.65. The quantitative estimate of drug-likeness (QED) is 0.406. The average Bonchev–Trinajstić information content (AvgIpc) is 2.88. The summed E-state index contributed by atoms with van der Waals surface area (Å²) in [7, 11) is -3.75. The molecule has 3 aromatic carbocycles. The number of carbonyl (C=O) groups excluding carboxylic acids is 2. The summed E-state index contributed by atoms with van der Waals surface area (Å²) in [5.74, 6) is -0.726. The molecule has 0 fully saturated rings. The van der Waals surface area contributed by atoms with Gasteiger partial charge in [-0.1, -0.05) is 85.8 Å². The summed E-state index contributed by atoms with van der Waals surface area (Å²) in [6, 6.07) is 26.6. The lowest BCUT2D eigenvalue weighted by molar-refractivity contribution is -0.140. The number of benzene rings is 3. The molecule has 0 saturated heterocycles. The normalized spacial score (nSPS) is 11.9. The zero-order chi connectivity index (χ0) is 26.0. The molecule has 1 atom stereocenters. The van der Waals surface area contributed by atoms with Gasteiger partial charge in [-0.3, -0.25) is 13.9 Å². The van der Waals surface area contributed by atoms with E-state index in [4.69, 9.17) is 0 Å². The SMILES string of the molecule is CCCNC(=O)C(Cc1ccccc1)N(Cc1ccccc1)C(=O)CN(c1ccccc1)S(C)(=O)=O. The second kappa shape index (κ2) is 12.9. The number of hydrogen-bond donors (Lipinski definition) is 1. The van der Waals surface area contributed by atoms with E-state index in [1.54, 1.807) is 30.3 Å². The first-order valence-corrected chi connectivity index (χ1v) is 13.8. The standard InChI is InChI=1S/C28H33N3O4S/c1-3-19-29-28(33)26(20-23-13-7-4-8-14-23)30(21-24-15-9-5-10-16-24)27(32)22-31(36(2,34)35)25-17-11-6-12-18-25/h4-18,26H,3,19-22H2,1-2H3,(H,29,33). The number of para-hydroxylation sites is 1. The molecule has 0 aliphatic rings. The highest BCUT2D eigenvalue weighted by atomic mass is 32.2. The monoisotopic (exact) mass is 507 g/mol. The van der Waals surface area contributed by atoms with Crippen LogP contribution in [0.15, 0.2) is 91.0 Å². The molecule has 0 heterocycles. The molecule has 1 unspecified atom stereocenters. The minimum absolute atomic E-state index is 0.170. The Morgan fingerprint density at radius 3 is 1.89 bits per heavy atom. The Kier molecular flexibility index (Phi) is 9.64. The summed E-state index contributed by atoms with van der Waals surface area (Å²) in [5.41, 5.74) is 2.14. The lowest BCUT2D eigenvalue weighted by Crippen LogP contribution is -2.53. The van der Waals surface area contributed by atoms with Crippen LogP contribution in [0.1, 0.15) is 24.5 Å². The summed E-state index contributed by atoms with van der Waals surface area (Å²) in [6.07, 6.45) is 2.13. The van der Waals surface area contributed by atoms with Gasteiger partial charge in [0, 0.05) is 19.5 Å². The number of rotatable bonds is 12. The van der Waals surface area contributed by atoms with E-state index in [9.17, 15) is 18.0 Å². The third-order valence-corrected chi connectivity index (χ3v) is 6.88. The molecule has 0 aromatic heterocycles. The lowest BCUT2D eigenvalue weighted by atomic mass is 10.0. The molecule has 7 nitrogen and oxygen atoms in total. The molecule has 0 radical (unpaired) electrons. The number of carbonyl (C=O) groups is 2. The fourth-order valence-corrected chi connectivity index (χ4v) is 4.76. The number of nitrogens with zero attached hydrogens (tertiary/aromatic N) is 2. The van der Waals surface area contributed by atoms with E-state index in [2.05, 4.69) is 5.32 Å². The lowest BCUT2D eigenvalue weighted by Gasteiger charge is -2.33. The van der Waals surface area contributed by atoms with Crippen molar-refractivity contribution in [3.05, 3.63) is 102 Å². The van der Waals surface area contributed by atoms with Gasteiger partial charge >= 0.3 is 0 Å².